The summed E-state index contributed by atoms with van der Waals surface area (Å²) in [4.78, 5) is 37.8. The van der Waals surface area contributed by atoms with Gasteiger partial charge in [0.05, 0.1) is 27.7 Å². The zero-order valence-electron chi connectivity index (χ0n) is 51.2. The molecule has 0 radical (unpaired) electrons. The van der Waals surface area contributed by atoms with Gasteiger partial charge in [0.15, 0.2) is 6.10 Å². The van der Waals surface area contributed by atoms with Crippen molar-refractivity contribution in [2.45, 2.75) is 309 Å². The standard InChI is InChI=1S/C67H124NO8P/c1-6-8-10-12-14-16-18-20-22-23-24-25-26-27-28-29-30-31-32-33-34-35-36-37-38-39-40-41-42-43-44-45-46-48-50-52-54-56-58-60-67(70)76-65(64-75-77(71,72)74-62-61-68(3,4)5)63-73-66(69)59-57-55-53-51-49-47-21-19-17-15-13-11-9-7-2/h8,10,14,16,19-22,24-25,65H,6-7,9,11-13,15,17-18,23,26-64H2,1-5H3/b10-8-,16-14-,21-19-,22-20-,25-24-. The summed E-state index contributed by atoms with van der Waals surface area (Å²) in [6.45, 7) is 4.14. The van der Waals surface area contributed by atoms with Crippen molar-refractivity contribution in [3.8, 4) is 0 Å². The lowest BCUT2D eigenvalue weighted by atomic mass is 10.0. The summed E-state index contributed by atoms with van der Waals surface area (Å²) < 4.78 is 34.2. The molecule has 0 aromatic heterocycles. The first-order valence-corrected chi connectivity index (χ1v) is 34.0. The Morgan fingerprint density at radius 3 is 1.12 bits per heavy atom. The van der Waals surface area contributed by atoms with Gasteiger partial charge in [-0.15, -0.1) is 0 Å². The predicted molar refractivity (Wildman–Crippen MR) is 328 cm³/mol. The minimum atomic E-state index is -4.63. The molecule has 450 valence electrons. The number of unbranched alkanes of at least 4 members (excludes halogenated alkanes) is 36. The molecule has 77 heavy (non-hydrogen) atoms. The van der Waals surface area contributed by atoms with Crippen LogP contribution < -0.4 is 4.89 Å². The van der Waals surface area contributed by atoms with E-state index in [-0.39, 0.29) is 32.0 Å². The lowest BCUT2D eigenvalue weighted by molar-refractivity contribution is -0.870. The Balaban J connectivity index is 3.89. The number of rotatable bonds is 60. The van der Waals surface area contributed by atoms with Crippen LogP contribution in [0.1, 0.15) is 303 Å². The maximum absolute atomic E-state index is 12.8. The highest BCUT2D eigenvalue weighted by atomic mass is 31.2. The first-order valence-electron chi connectivity index (χ1n) is 32.5. The van der Waals surface area contributed by atoms with E-state index in [1.165, 1.54) is 193 Å². The van der Waals surface area contributed by atoms with Crippen molar-refractivity contribution >= 4 is 19.8 Å². The molecule has 0 aliphatic heterocycles. The molecule has 0 spiro atoms. The van der Waals surface area contributed by atoms with Crippen LogP contribution in [-0.4, -0.2) is 70.0 Å². The quantitative estimate of drug-likeness (QED) is 0.0195. The number of nitrogens with zero attached hydrogens (tertiary/aromatic N) is 1. The number of phosphoric acid groups is 1. The summed E-state index contributed by atoms with van der Waals surface area (Å²) in [6.07, 6.45) is 76.0. The Morgan fingerprint density at radius 1 is 0.416 bits per heavy atom. The van der Waals surface area contributed by atoms with Crippen LogP contribution in [0.3, 0.4) is 0 Å². The van der Waals surface area contributed by atoms with Crippen molar-refractivity contribution in [2.24, 2.45) is 0 Å². The number of phosphoric ester groups is 1. The molecule has 0 saturated heterocycles. The zero-order chi connectivity index (χ0) is 56.3. The van der Waals surface area contributed by atoms with Crippen LogP contribution in [0.5, 0.6) is 0 Å². The van der Waals surface area contributed by atoms with E-state index in [1.807, 2.05) is 21.1 Å². The number of ether oxygens (including phenoxy) is 2. The van der Waals surface area contributed by atoms with Crippen LogP contribution in [0.2, 0.25) is 0 Å². The number of hydrogen-bond acceptors (Lipinski definition) is 8. The zero-order valence-corrected chi connectivity index (χ0v) is 52.1. The van der Waals surface area contributed by atoms with Gasteiger partial charge in [0, 0.05) is 12.8 Å². The second-order valence-corrected chi connectivity index (χ2v) is 24.5. The average molecular weight is 1100 g/mol. The van der Waals surface area contributed by atoms with E-state index in [0.717, 1.165) is 77.0 Å². The van der Waals surface area contributed by atoms with Crippen molar-refractivity contribution in [1.29, 1.82) is 0 Å². The summed E-state index contributed by atoms with van der Waals surface area (Å²) in [5.41, 5.74) is 0. The summed E-state index contributed by atoms with van der Waals surface area (Å²) in [6, 6.07) is 0. The monoisotopic (exact) mass is 1100 g/mol. The van der Waals surface area contributed by atoms with Crippen LogP contribution in [-0.2, 0) is 32.7 Å². The van der Waals surface area contributed by atoms with Crippen molar-refractivity contribution in [3.63, 3.8) is 0 Å². The topological polar surface area (TPSA) is 111 Å². The molecule has 0 aromatic carbocycles. The highest BCUT2D eigenvalue weighted by Crippen LogP contribution is 2.38. The second-order valence-electron chi connectivity index (χ2n) is 23.1. The fraction of sp³-hybridized carbons (Fsp3) is 0.821. The Kier molecular flexibility index (Phi) is 56.6. The third-order valence-corrected chi connectivity index (χ3v) is 15.2. The van der Waals surface area contributed by atoms with E-state index < -0.39 is 26.5 Å². The molecule has 0 N–H and O–H groups in total. The van der Waals surface area contributed by atoms with Gasteiger partial charge in [-0.3, -0.25) is 14.2 Å². The number of carbonyl (C=O) groups excluding carboxylic acids is 2. The molecule has 0 saturated carbocycles. The van der Waals surface area contributed by atoms with Crippen molar-refractivity contribution < 1.29 is 42.1 Å². The van der Waals surface area contributed by atoms with Gasteiger partial charge in [0.25, 0.3) is 7.82 Å². The van der Waals surface area contributed by atoms with Crippen LogP contribution in [0.4, 0.5) is 0 Å². The van der Waals surface area contributed by atoms with E-state index in [2.05, 4.69) is 74.6 Å². The van der Waals surface area contributed by atoms with Crippen molar-refractivity contribution in [2.75, 3.05) is 47.5 Å². The van der Waals surface area contributed by atoms with Crippen LogP contribution in [0.15, 0.2) is 60.8 Å². The smallest absolute Gasteiger partial charge is 0.306 e. The Morgan fingerprint density at radius 2 is 0.740 bits per heavy atom. The largest absolute Gasteiger partial charge is 0.756 e. The Bertz CT molecular complexity index is 1480. The second kappa shape index (κ2) is 58.4. The van der Waals surface area contributed by atoms with Crippen LogP contribution in [0, 0.1) is 0 Å². The third kappa shape index (κ3) is 62.8. The minimum Gasteiger partial charge on any atom is -0.756 e. The molecule has 0 amide bonds. The van der Waals surface area contributed by atoms with Gasteiger partial charge in [-0.1, -0.05) is 274 Å². The summed E-state index contributed by atoms with van der Waals surface area (Å²) in [5.74, 6) is -0.831. The normalized spacial score (nSPS) is 13.6. The molecule has 0 aliphatic rings. The SMILES string of the molecule is CC/C=C\C/C=C\C/C=C\C/C=C\CCCCCCCCCCCCCCCCCCCCCCCCCCCCC(=O)OC(COC(=O)CCCCCCC/C=C\CCCCCCC)COP(=O)([O-])OCC[N+](C)(C)C. The molecule has 10 heteroatoms. The maximum Gasteiger partial charge on any atom is 0.306 e. The highest BCUT2D eigenvalue weighted by molar-refractivity contribution is 7.45. The first-order chi connectivity index (χ1) is 37.5. The van der Waals surface area contributed by atoms with E-state index in [4.69, 9.17) is 18.5 Å². The third-order valence-electron chi connectivity index (χ3n) is 14.3. The summed E-state index contributed by atoms with van der Waals surface area (Å²) in [5, 5.41) is 0. The Hall–Kier alpha value is -2.29. The number of hydrogen-bond donors (Lipinski definition) is 0. The Labute approximate surface area is 476 Å². The van der Waals surface area contributed by atoms with E-state index in [1.54, 1.807) is 0 Å². The number of likely N-dealkylation sites (N-methyl/N-ethyl adjacent to an activating group) is 1. The van der Waals surface area contributed by atoms with E-state index >= 15 is 0 Å². The molecule has 0 bridgehead atoms. The number of esters is 2. The summed E-state index contributed by atoms with van der Waals surface area (Å²) in [7, 11) is 1.17. The fourth-order valence-electron chi connectivity index (χ4n) is 9.29. The van der Waals surface area contributed by atoms with Gasteiger partial charge in [0.2, 0.25) is 0 Å². The lowest BCUT2D eigenvalue weighted by Crippen LogP contribution is -2.37. The van der Waals surface area contributed by atoms with Crippen molar-refractivity contribution in [1.82, 2.24) is 0 Å². The molecule has 0 fully saturated rings. The van der Waals surface area contributed by atoms with Gasteiger partial charge in [-0.25, -0.2) is 0 Å². The van der Waals surface area contributed by atoms with E-state index in [0.29, 0.717) is 17.4 Å². The highest BCUT2D eigenvalue weighted by Gasteiger charge is 2.22. The van der Waals surface area contributed by atoms with Crippen LogP contribution in [0.25, 0.3) is 0 Å². The average Bonchev–Trinajstić information content (AvgIpc) is 3.39. The number of allylic oxidation sites excluding steroid dienone is 10. The molecular formula is C67H124NO8P. The predicted octanol–water partition coefficient (Wildman–Crippen LogP) is 20.0. The van der Waals surface area contributed by atoms with Crippen LogP contribution >= 0.6 is 7.82 Å². The number of carbonyl (C=O) groups is 2. The molecule has 0 rings (SSSR count). The molecule has 9 nitrogen and oxygen atoms in total. The molecule has 2 unspecified atom stereocenters. The minimum absolute atomic E-state index is 0.0307. The molecule has 2 atom stereocenters. The molecule has 0 heterocycles. The van der Waals surface area contributed by atoms with Gasteiger partial charge < -0.3 is 27.9 Å². The van der Waals surface area contributed by atoms with Gasteiger partial charge in [0.1, 0.15) is 19.8 Å². The van der Waals surface area contributed by atoms with Gasteiger partial charge in [-0.05, 0) is 77.0 Å². The molecule has 0 aromatic rings. The van der Waals surface area contributed by atoms with Gasteiger partial charge in [-0.2, -0.15) is 0 Å². The maximum atomic E-state index is 12.8. The fourth-order valence-corrected chi connectivity index (χ4v) is 10.0. The first kappa shape index (κ1) is 74.7. The van der Waals surface area contributed by atoms with Gasteiger partial charge >= 0.3 is 11.9 Å². The van der Waals surface area contributed by atoms with Crippen molar-refractivity contribution in [3.05, 3.63) is 60.8 Å². The van der Waals surface area contributed by atoms with E-state index in [9.17, 15) is 19.0 Å². The number of quaternary nitrogens is 1. The lowest BCUT2D eigenvalue weighted by Gasteiger charge is -2.28. The summed E-state index contributed by atoms with van der Waals surface area (Å²) >= 11 is 0. The molecular weight excluding hydrogens is 978 g/mol. The molecule has 0 aliphatic carbocycles.